The number of hydrogen-bond donors (Lipinski definition) is 0. The third-order valence-electron chi connectivity index (χ3n) is 4.58. The fraction of sp³-hybridized carbons (Fsp3) is 0.667. The van der Waals surface area contributed by atoms with Crippen molar-refractivity contribution in [2.75, 3.05) is 13.7 Å². The van der Waals surface area contributed by atoms with Gasteiger partial charge in [0.2, 0.25) is 0 Å². The number of hydrogen-bond acceptors (Lipinski definition) is 4. The highest BCUT2D eigenvalue weighted by molar-refractivity contribution is 5.92. The lowest BCUT2D eigenvalue weighted by Crippen LogP contribution is -2.44. The van der Waals surface area contributed by atoms with E-state index in [1.165, 1.54) is 32.6 Å². The smallest absolute Gasteiger partial charge is 0.310 e. The summed E-state index contributed by atoms with van der Waals surface area (Å²) in [5.74, 6) is -0.419. The highest BCUT2D eigenvalue weighted by atomic mass is 16.5. The molecule has 23 heavy (non-hydrogen) atoms. The molecule has 1 amide bonds. The van der Waals surface area contributed by atoms with Crippen LogP contribution in [0.5, 0.6) is 0 Å². The van der Waals surface area contributed by atoms with E-state index in [9.17, 15) is 9.59 Å². The van der Waals surface area contributed by atoms with Gasteiger partial charge in [-0.15, -0.1) is 0 Å². The van der Waals surface area contributed by atoms with Crippen LogP contribution in [0.3, 0.4) is 0 Å². The van der Waals surface area contributed by atoms with Crippen LogP contribution in [0.25, 0.3) is 0 Å². The number of rotatable bonds is 5. The second kappa shape index (κ2) is 8.75. The van der Waals surface area contributed by atoms with Crippen molar-refractivity contribution >= 4 is 11.9 Å². The van der Waals surface area contributed by atoms with Crippen molar-refractivity contribution in [1.29, 1.82) is 0 Å². The molecule has 1 aromatic rings. The summed E-state index contributed by atoms with van der Waals surface area (Å²) < 4.78 is 10.1. The zero-order valence-electron chi connectivity index (χ0n) is 14.1. The number of nitrogens with zero attached hydrogens (tertiary/aromatic N) is 1. The number of carbonyl (C=O) groups is 2. The predicted molar refractivity (Wildman–Crippen MR) is 87.0 cm³/mol. The lowest BCUT2D eigenvalue weighted by atomic mass is 9.94. The van der Waals surface area contributed by atoms with Crippen molar-refractivity contribution < 1.29 is 18.7 Å². The summed E-state index contributed by atoms with van der Waals surface area (Å²) in [6.07, 6.45) is 9.43. The molecule has 5 nitrogen and oxygen atoms in total. The molecule has 1 fully saturated rings. The second-order valence-electron chi connectivity index (χ2n) is 6.36. The molecule has 0 N–H and O–H groups in total. The average molecular weight is 321 g/mol. The molecule has 2 rings (SSSR count). The first-order valence-corrected chi connectivity index (χ1v) is 8.55. The Balaban J connectivity index is 2.15. The maximum atomic E-state index is 12.8. The van der Waals surface area contributed by atoms with E-state index in [0.717, 1.165) is 25.7 Å². The molecule has 1 aromatic heterocycles. The third kappa shape index (κ3) is 4.85. The minimum absolute atomic E-state index is 0.128. The summed E-state index contributed by atoms with van der Waals surface area (Å²) in [5, 5.41) is 0. The Morgan fingerprint density at radius 1 is 1.26 bits per heavy atom. The number of esters is 1. The summed E-state index contributed by atoms with van der Waals surface area (Å²) in [5.41, 5.74) is 0. The molecular formula is C18H27NO4. The Bertz CT molecular complexity index is 489. The van der Waals surface area contributed by atoms with E-state index in [2.05, 4.69) is 0 Å². The molecular weight excluding hydrogens is 294 g/mol. The minimum Gasteiger partial charge on any atom is -0.469 e. The highest BCUT2D eigenvalue weighted by Gasteiger charge is 2.30. The average Bonchev–Trinajstić information content (AvgIpc) is 3.05. The topological polar surface area (TPSA) is 59.8 Å². The van der Waals surface area contributed by atoms with E-state index in [0.29, 0.717) is 12.3 Å². The van der Waals surface area contributed by atoms with Gasteiger partial charge >= 0.3 is 5.97 Å². The monoisotopic (exact) mass is 321 g/mol. The molecule has 1 atom stereocenters. The van der Waals surface area contributed by atoms with Gasteiger partial charge in [-0.25, -0.2) is 0 Å². The minimum atomic E-state index is -0.343. The van der Waals surface area contributed by atoms with Gasteiger partial charge in [-0.1, -0.05) is 39.0 Å². The molecule has 1 saturated carbocycles. The van der Waals surface area contributed by atoms with E-state index < -0.39 is 0 Å². The molecule has 0 radical (unpaired) electrons. The Morgan fingerprint density at radius 2 is 1.91 bits per heavy atom. The van der Waals surface area contributed by atoms with E-state index in [1.54, 1.807) is 19.1 Å². The standard InChI is InChI=1S/C18H27NO4/c1-14(18(21)22-2)13-19(17(20)16-11-8-12-23-16)15-9-6-4-3-5-7-10-15/h8,11-12,14-15H,3-7,9-10,13H2,1-2H3. The third-order valence-corrected chi connectivity index (χ3v) is 4.58. The van der Waals surface area contributed by atoms with Crippen LogP contribution >= 0.6 is 0 Å². The largest absolute Gasteiger partial charge is 0.469 e. The van der Waals surface area contributed by atoms with Crippen molar-refractivity contribution in [3.05, 3.63) is 24.2 Å². The fourth-order valence-electron chi connectivity index (χ4n) is 3.26. The summed E-state index contributed by atoms with van der Waals surface area (Å²) in [6.45, 7) is 2.17. The maximum absolute atomic E-state index is 12.8. The lowest BCUT2D eigenvalue weighted by molar-refractivity contribution is -0.145. The molecule has 0 aliphatic heterocycles. The molecule has 0 aromatic carbocycles. The van der Waals surface area contributed by atoms with Gasteiger partial charge in [-0.2, -0.15) is 0 Å². The molecule has 0 saturated heterocycles. The van der Waals surface area contributed by atoms with Crippen molar-refractivity contribution in [1.82, 2.24) is 4.90 Å². The molecule has 1 heterocycles. The second-order valence-corrected chi connectivity index (χ2v) is 6.36. The summed E-state index contributed by atoms with van der Waals surface area (Å²) in [7, 11) is 1.38. The number of furan rings is 1. The summed E-state index contributed by atoms with van der Waals surface area (Å²) in [6, 6.07) is 3.56. The van der Waals surface area contributed by atoms with E-state index in [4.69, 9.17) is 9.15 Å². The maximum Gasteiger partial charge on any atom is 0.310 e. The van der Waals surface area contributed by atoms with Gasteiger partial charge in [0.25, 0.3) is 5.91 Å². The van der Waals surface area contributed by atoms with Gasteiger partial charge < -0.3 is 14.1 Å². The van der Waals surface area contributed by atoms with Gasteiger partial charge in [0.1, 0.15) is 0 Å². The normalized spacial score (nSPS) is 17.8. The number of ether oxygens (including phenoxy) is 1. The Labute approximate surface area is 138 Å². The SMILES string of the molecule is COC(=O)C(C)CN(C(=O)c1ccco1)C1CCCCCCC1. The predicted octanol–water partition coefficient (Wildman–Crippen LogP) is 3.64. The number of carbonyl (C=O) groups excluding carboxylic acids is 2. The number of methoxy groups -OCH3 is 1. The van der Waals surface area contributed by atoms with Crippen molar-refractivity contribution in [2.45, 2.75) is 57.9 Å². The zero-order valence-corrected chi connectivity index (χ0v) is 14.1. The Kier molecular flexibility index (Phi) is 6.68. The van der Waals surface area contributed by atoms with Gasteiger partial charge in [-0.3, -0.25) is 9.59 Å². The van der Waals surface area contributed by atoms with Gasteiger partial charge in [0, 0.05) is 12.6 Å². The van der Waals surface area contributed by atoms with Crippen LogP contribution in [0, 0.1) is 5.92 Å². The first kappa shape index (κ1) is 17.6. The quantitative estimate of drug-likeness (QED) is 0.777. The van der Waals surface area contributed by atoms with Gasteiger partial charge in [-0.05, 0) is 25.0 Å². The van der Waals surface area contributed by atoms with Crippen LogP contribution in [-0.2, 0) is 9.53 Å². The highest BCUT2D eigenvalue weighted by Crippen LogP contribution is 2.24. The first-order valence-electron chi connectivity index (χ1n) is 8.55. The molecule has 128 valence electrons. The fourth-order valence-corrected chi connectivity index (χ4v) is 3.26. The van der Waals surface area contributed by atoms with Crippen LogP contribution in [0.4, 0.5) is 0 Å². The lowest BCUT2D eigenvalue weighted by Gasteiger charge is -2.34. The van der Waals surface area contributed by atoms with Crippen LogP contribution < -0.4 is 0 Å². The van der Waals surface area contributed by atoms with Crippen molar-refractivity contribution in [3.63, 3.8) is 0 Å². The zero-order chi connectivity index (χ0) is 16.7. The van der Waals surface area contributed by atoms with Crippen molar-refractivity contribution in [2.24, 2.45) is 5.92 Å². The van der Waals surface area contributed by atoms with Crippen molar-refractivity contribution in [3.8, 4) is 0 Å². The Hall–Kier alpha value is -1.78. The number of amides is 1. The molecule has 0 spiro atoms. The van der Waals surface area contributed by atoms with E-state index >= 15 is 0 Å². The first-order chi connectivity index (χ1) is 11.1. The molecule has 1 aliphatic carbocycles. The van der Waals surface area contributed by atoms with Crippen LogP contribution in [-0.4, -0.2) is 36.5 Å². The Morgan fingerprint density at radius 3 is 2.48 bits per heavy atom. The van der Waals surface area contributed by atoms with E-state index in [1.807, 2.05) is 4.90 Å². The summed E-state index contributed by atoms with van der Waals surface area (Å²) >= 11 is 0. The molecule has 5 heteroatoms. The summed E-state index contributed by atoms with van der Waals surface area (Å²) in [4.78, 5) is 26.4. The van der Waals surface area contributed by atoms with Gasteiger partial charge in [0.15, 0.2) is 5.76 Å². The van der Waals surface area contributed by atoms with E-state index in [-0.39, 0.29) is 23.8 Å². The van der Waals surface area contributed by atoms with Crippen LogP contribution in [0.1, 0.15) is 62.4 Å². The molecule has 1 unspecified atom stereocenters. The van der Waals surface area contributed by atoms with Crippen LogP contribution in [0.15, 0.2) is 22.8 Å². The van der Waals surface area contributed by atoms with Crippen LogP contribution in [0.2, 0.25) is 0 Å². The van der Waals surface area contributed by atoms with Gasteiger partial charge in [0.05, 0.1) is 19.3 Å². The molecule has 1 aliphatic rings. The molecule has 0 bridgehead atoms.